The van der Waals surface area contributed by atoms with E-state index in [0.29, 0.717) is 39.9 Å². The zero-order chi connectivity index (χ0) is 27.4. The average Bonchev–Trinajstić information content (AvgIpc) is 3.57. The lowest BCUT2D eigenvalue weighted by Gasteiger charge is -2.22. The van der Waals surface area contributed by atoms with Crippen molar-refractivity contribution in [3.8, 4) is 11.5 Å². The van der Waals surface area contributed by atoms with E-state index >= 15 is 0 Å². The summed E-state index contributed by atoms with van der Waals surface area (Å²) in [6, 6.07) is 14.4. The second-order valence-electron chi connectivity index (χ2n) is 9.25. The maximum absolute atomic E-state index is 13.6. The number of ketones is 1. The zero-order valence-electron chi connectivity index (χ0n) is 21.4. The summed E-state index contributed by atoms with van der Waals surface area (Å²) in [6.07, 6.45) is 1.83. The molecule has 2 aromatic carbocycles. The Morgan fingerprint density at radius 3 is 2.56 bits per heavy atom. The molecule has 1 amide bonds. The normalized spacial score (nSPS) is 17.0. The van der Waals surface area contributed by atoms with Crippen LogP contribution in [0.3, 0.4) is 0 Å². The van der Waals surface area contributed by atoms with E-state index in [-0.39, 0.29) is 22.8 Å². The number of pyridine rings is 1. The Morgan fingerprint density at radius 2 is 1.85 bits per heavy atom. The highest BCUT2D eigenvalue weighted by Gasteiger charge is 2.48. The van der Waals surface area contributed by atoms with Gasteiger partial charge in [-0.25, -0.2) is 9.97 Å². The first-order chi connectivity index (χ1) is 18.8. The quantitative estimate of drug-likeness (QED) is 0.177. The zero-order valence-corrected chi connectivity index (χ0v) is 22.2. The second-order valence-corrected chi connectivity index (χ2v) is 10.3. The number of hydrogen-bond acceptors (Lipinski definition) is 8. The van der Waals surface area contributed by atoms with E-state index in [9.17, 15) is 19.8 Å². The molecule has 196 valence electrons. The number of carbonyl (C=O) groups is 2. The number of ether oxygens (including phenoxy) is 1. The summed E-state index contributed by atoms with van der Waals surface area (Å²) >= 11 is 1.25. The minimum Gasteiger partial charge on any atom is -0.508 e. The molecule has 6 rings (SSSR count). The minimum absolute atomic E-state index is 0.0332. The molecule has 1 aliphatic heterocycles. The molecule has 0 bridgehead atoms. The smallest absolute Gasteiger partial charge is 0.301 e. The predicted molar refractivity (Wildman–Crippen MR) is 148 cm³/mol. The Morgan fingerprint density at radius 1 is 1.08 bits per heavy atom. The fourth-order valence-electron chi connectivity index (χ4n) is 4.93. The molecular weight excluding hydrogens is 516 g/mol. The first-order valence-electron chi connectivity index (χ1n) is 12.4. The molecule has 1 atom stereocenters. The largest absolute Gasteiger partial charge is 0.508 e. The number of phenols is 1. The van der Waals surface area contributed by atoms with Crippen molar-refractivity contribution in [1.29, 1.82) is 0 Å². The Labute approximate surface area is 227 Å². The summed E-state index contributed by atoms with van der Waals surface area (Å²) in [7, 11) is 0. The van der Waals surface area contributed by atoms with Gasteiger partial charge in [0.1, 0.15) is 22.8 Å². The lowest BCUT2D eigenvalue weighted by Crippen LogP contribution is -2.29. The Kier molecular flexibility index (Phi) is 5.84. The number of aliphatic hydroxyl groups is 1. The van der Waals surface area contributed by atoms with Gasteiger partial charge >= 0.3 is 5.91 Å². The van der Waals surface area contributed by atoms with Crippen LogP contribution in [0.25, 0.3) is 21.6 Å². The number of anilines is 1. The fourth-order valence-corrected chi connectivity index (χ4v) is 5.95. The Hall–Kier alpha value is -4.70. The number of nitrogens with zero attached hydrogens (tertiary/aromatic N) is 4. The van der Waals surface area contributed by atoms with Gasteiger partial charge in [0.15, 0.2) is 10.9 Å². The number of amides is 1. The number of hydrogen-bond donors (Lipinski definition) is 2. The van der Waals surface area contributed by atoms with Gasteiger partial charge in [0.2, 0.25) is 0 Å². The van der Waals surface area contributed by atoms with Crippen LogP contribution in [0.1, 0.15) is 35.5 Å². The maximum atomic E-state index is 13.6. The van der Waals surface area contributed by atoms with Gasteiger partial charge in [-0.05, 0) is 68.3 Å². The van der Waals surface area contributed by atoms with Crippen molar-refractivity contribution in [2.75, 3.05) is 11.5 Å². The second kappa shape index (κ2) is 9.25. The molecule has 5 aromatic rings. The van der Waals surface area contributed by atoms with Crippen LogP contribution in [0, 0.1) is 13.8 Å². The fraction of sp³-hybridized carbons (Fsp3) is 0.172. The molecular formula is C29H24N4O5S. The molecule has 1 aliphatic rings. The SMILES string of the molecule is CCOc1ccc2nc(N3C(=O)C(=O)/C(=C(/O)c4nc5c(C)cccn5c4C)C3c3ccc(O)cc3)sc2c1. The van der Waals surface area contributed by atoms with E-state index in [1.54, 1.807) is 31.2 Å². The molecule has 39 heavy (non-hydrogen) atoms. The van der Waals surface area contributed by atoms with Gasteiger partial charge in [-0.15, -0.1) is 0 Å². The van der Waals surface area contributed by atoms with Crippen molar-refractivity contribution in [2.24, 2.45) is 0 Å². The van der Waals surface area contributed by atoms with E-state index < -0.39 is 17.7 Å². The molecule has 4 heterocycles. The summed E-state index contributed by atoms with van der Waals surface area (Å²) < 4.78 is 8.22. The van der Waals surface area contributed by atoms with Crippen LogP contribution in [0.4, 0.5) is 5.13 Å². The first kappa shape index (κ1) is 24.6. The molecule has 9 nitrogen and oxygen atoms in total. The summed E-state index contributed by atoms with van der Waals surface area (Å²) in [6.45, 7) is 6.11. The average molecular weight is 541 g/mol. The topological polar surface area (TPSA) is 117 Å². The molecule has 1 saturated heterocycles. The van der Waals surface area contributed by atoms with Gasteiger partial charge in [-0.2, -0.15) is 0 Å². The summed E-state index contributed by atoms with van der Waals surface area (Å²) in [5.74, 6) is -1.31. The molecule has 1 fully saturated rings. The third-order valence-corrected chi connectivity index (χ3v) is 7.84. The lowest BCUT2D eigenvalue weighted by molar-refractivity contribution is -0.132. The number of fused-ring (bicyclic) bond motifs is 2. The first-order valence-corrected chi connectivity index (χ1v) is 13.2. The van der Waals surface area contributed by atoms with Crippen LogP contribution in [0.5, 0.6) is 11.5 Å². The number of aliphatic hydroxyl groups excluding tert-OH is 1. The number of benzene rings is 2. The number of aromatic nitrogens is 3. The van der Waals surface area contributed by atoms with Crippen LogP contribution in [0.15, 0.2) is 66.4 Å². The van der Waals surface area contributed by atoms with E-state index in [2.05, 4.69) is 9.97 Å². The number of imidazole rings is 1. The van der Waals surface area contributed by atoms with Crippen LogP contribution < -0.4 is 9.64 Å². The van der Waals surface area contributed by atoms with E-state index in [0.717, 1.165) is 10.3 Å². The summed E-state index contributed by atoms with van der Waals surface area (Å²) in [4.78, 5) is 37.7. The number of aromatic hydroxyl groups is 1. The van der Waals surface area contributed by atoms with Crippen LogP contribution in [-0.4, -0.2) is 42.9 Å². The monoisotopic (exact) mass is 540 g/mol. The highest BCUT2D eigenvalue weighted by atomic mass is 32.1. The number of aryl methyl sites for hydroxylation is 2. The van der Waals surface area contributed by atoms with Crippen molar-refractivity contribution in [1.82, 2.24) is 14.4 Å². The van der Waals surface area contributed by atoms with Gasteiger partial charge in [0, 0.05) is 6.20 Å². The van der Waals surface area contributed by atoms with E-state index in [4.69, 9.17) is 4.74 Å². The molecule has 3 aromatic heterocycles. The highest BCUT2D eigenvalue weighted by Crippen LogP contribution is 2.45. The molecule has 1 unspecified atom stereocenters. The van der Waals surface area contributed by atoms with Gasteiger partial charge in [-0.1, -0.05) is 29.5 Å². The Balaban J connectivity index is 1.56. The molecule has 10 heteroatoms. The van der Waals surface area contributed by atoms with Crippen molar-refractivity contribution in [3.05, 3.63) is 88.9 Å². The molecule has 0 saturated carbocycles. The van der Waals surface area contributed by atoms with Crippen LogP contribution >= 0.6 is 11.3 Å². The summed E-state index contributed by atoms with van der Waals surface area (Å²) in [5, 5.41) is 21.8. The van der Waals surface area contributed by atoms with Crippen molar-refractivity contribution < 1.29 is 24.5 Å². The van der Waals surface area contributed by atoms with E-state index in [1.807, 2.05) is 42.6 Å². The van der Waals surface area contributed by atoms with Crippen molar-refractivity contribution in [3.63, 3.8) is 0 Å². The van der Waals surface area contributed by atoms with Crippen LogP contribution in [0.2, 0.25) is 0 Å². The number of phenolic OH excluding ortho intramolecular Hbond substituents is 1. The number of Topliss-reactive ketones (excluding diaryl/α,β-unsaturated/α-hetero) is 1. The number of carbonyl (C=O) groups excluding carboxylic acids is 2. The van der Waals surface area contributed by atoms with Crippen molar-refractivity contribution in [2.45, 2.75) is 26.8 Å². The third-order valence-electron chi connectivity index (χ3n) is 6.83. The molecule has 0 aliphatic carbocycles. The highest BCUT2D eigenvalue weighted by molar-refractivity contribution is 7.22. The molecule has 0 radical (unpaired) electrons. The van der Waals surface area contributed by atoms with Gasteiger partial charge in [0.05, 0.1) is 34.1 Å². The molecule has 2 N–H and O–H groups in total. The lowest BCUT2D eigenvalue weighted by atomic mass is 9.96. The van der Waals surface area contributed by atoms with Gasteiger partial charge < -0.3 is 19.4 Å². The minimum atomic E-state index is -0.983. The van der Waals surface area contributed by atoms with Crippen molar-refractivity contribution >= 4 is 49.8 Å². The standard InChI is InChI=1S/C29H24N4O5S/c1-4-38-19-11-12-20-21(14-19)39-29(30-20)33-24(17-7-9-18(34)10-8-17)22(26(36)28(33)37)25(35)23-16(3)32-13-5-6-15(2)27(32)31-23/h5-14,24,34-35H,4H2,1-3H3/b25-22+. The van der Waals surface area contributed by atoms with Crippen LogP contribution in [-0.2, 0) is 9.59 Å². The van der Waals surface area contributed by atoms with Gasteiger partial charge in [-0.3, -0.25) is 14.5 Å². The maximum Gasteiger partial charge on any atom is 0.301 e. The number of rotatable bonds is 5. The predicted octanol–water partition coefficient (Wildman–Crippen LogP) is 5.29. The number of thiazole rings is 1. The molecule has 0 spiro atoms. The Bertz CT molecular complexity index is 1820. The van der Waals surface area contributed by atoms with Gasteiger partial charge in [0.25, 0.3) is 5.78 Å². The van der Waals surface area contributed by atoms with E-state index in [1.165, 1.54) is 28.4 Å². The third kappa shape index (κ3) is 3.91. The summed E-state index contributed by atoms with van der Waals surface area (Å²) in [5.41, 5.74) is 3.47.